The predicted molar refractivity (Wildman–Crippen MR) is 102 cm³/mol. The molecule has 4 nitrogen and oxygen atoms in total. The molecule has 0 aliphatic carbocycles. The lowest BCUT2D eigenvalue weighted by atomic mass is 10.2. The van der Waals surface area contributed by atoms with E-state index in [1.165, 1.54) is 6.08 Å². The molecule has 0 spiro atoms. The molecule has 1 heterocycles. The highest BCUT2D eigenvalue weighted by Gasteiger charge is 2.07. The Kier molecular flexibility index (Phi) is 6.87. The van der Waals surface area contributed by atoms with Crippen LogP contribution in [0.4, 0.5) is 0 Å². The van der Waals surface area contributed by atoms with Crippen LogP contribution in [0, 0.1) is 0 Å². The van der Waals surface area contributed by atoms with Gasteiger partial charge >= 0.3 is 0 Å². The number of carbonyl (C=O) groups excluding carboxylic acids is 1. The van der Waals surface area contributed by atoms with Gasteiger partial charge in [-0.3, -0.25) is 4.79 Å². The van der Waals surface area contributed by atoms with Gasteiger partial charge in [0.25, 0.3) is 0 Å². The Hall–Kier alpha value is -1.79. The minimum atomic E-state index is -0.138. The molecule has 128 valence electrons. The van der Waals surface area contributed by atoms with Gasteiger partial charge in [0.2, 0.25) is 5.91 Å². The number of nitrogens with one attached hydrogen (secondary N) is 1. The van der Waals surface area contributed by atoms with Gasteiger partial charge in [0, 0.05) is 20.8 Å². The number of benzene rings is 1. The lowest BCUT2D eigenvalue weighted by Crippen LogP contribution is -2.19. The summed E-state index contributed by atoms with van der Waals surface area (Å²) in [5, 5.41) is 4.85. The zero-order chi connectivity index (χ0) is 17.5. The average molecular weight is 410 g/mol. The highest BCUT2D eigenvalue weighted by atomic mass is 79.9. The Morgan fingerprint density at radius 2 is 2.12 bits per heavy atom. The van der Waals surface area contributed by atoms with Gasteiger partial charge in [-0.05, 0) is 59.6 Å². The van der Waals surface area contributed by atoms with Crippen molar-refractivity contribution in [3.05, 3.63) is 50.6 Å². The van der Waals surface area contributed by atoms with Gasteiger partial charge in [-0.1, -0.05) is 6.07 Å². The minimum absolute atomic E-state index is 0.0726. The molecule has 6 heteroatoms. The Morgan fingerprint density at radius 1 is 1.33 bits per heavy atom. The molecule has 0 bridgehead atoms. The maximum atomic E-state index is 11.9. The average Bonchev–Trinajstić information content (AvgIpc) is 2.97. The third kappa shape index (κ3) is 5.69. The molecule has 0 atom stereocenters. The first-order valence-electron chi connectivity index (χ1n) is 7.51. The fourth-order valence-corrected chi connectivity index (χ4v) is 3.38. The fraction of sp³-hybridized carbons (Fsp3) is 0.278. The molecule has 0 saturated heterocycles. The predicted octanol–water partition coefficient (Wildman–Crippen LogP) is 4.64. The van der Waals surface area contributed by atoms with E-state index in [1.807, 2.05) is 43.5 Å². The van der Waals surface area contributed by atoms with E-state index < -0.39 is 0 Å². The van der Waals surface area contributed by atoms with Crippen molar-refractivity contribution in [1.82, 2.24) is 5.32 Å². The quantitative estimate of drug-likeness (QED) is 0.677. The molecule has 1 aromatic heterocycles. The Labute approximate surface area is 154 Å². The summed E-state index contributed by atoms with van der Waals surface area (Å²) in [7, 11) is 1.60. The molecule has 0 unspecified atom stereocenters. The highest BCUT2D eigenvalue weighted by Crippen LogP contribution is 2.29. The third-order valence-electron chi connectivity index (χ3n) is 3.04. The van der Waals surface area contributed by atoms with Crippen molar-refractivity contribution in [2.24, 2.45) is 0 Å². The molecule has 0 fully saturated rings. The topological polar surface area (TPSA) is 47.6 Å². The van der Waals surface area contributed by atoms with Crippen molar-refractivity contribution in [2.45, 2.75) is 26.5 Å². The van der Waals surface area contributed by atoms with Gasteiger partial charge < -0.3 is 14.8 Å². The summed E-state index contributed by atoms with van der Waals surface area (Å²) < 4.78 is 12.0. The van der Waals surface area contributed by atoms with Crippen LogP contribution < -0.4 is 14.8 Å². The largest absolute Gasteiger partial charge is 0.493 e. The summed E-state index contributed by atoms with van der Waals surface area (Å²) in [6, 6.07) is 7.57. The lowest BCUT2D eigenvalue weighted by Gasteiger charge is -2.13. The first-order chi connectivity index (χ1) is 11.5. The summed E-state index contributed by atoms with van der Waals surface area (Å²) in [6.45, 7) is 4.44. The van der Waals surface area contributed by atoms with Crippen LogP contribution in [-0.4, -0.2) is 19.1 Å². The van der Waals surface area contributed by atoms with Gasteiger partial charge in [-0.25, -0.2) is 0 Å². The maximum absolute atomic E-state index is 11.9. The second-order valence-electron chi connectivity index (χ2n) is 5.36. The normalized spacial score (nSPS) is 11.0. The van der Waals surface area contributed by atoms with Gasteiger partial charge in [0.1, 0.15) is 0 Å². The van der Waals surface area contributed by atoms with Crippen molar-refractivity contribution in [3.8, 4) is 11.5 Å². The number of halogens is 1. The molecule has 2 rings (SSSR count). The molecule has 0 saturated carbocycles. The minimum Gasteiger partial charge on any atom is -0.493 e. The van der Waals surface area contributed by atoms with Crippen LogP contribution >= 0.6 is 27.3 Å². The number of thiophene rings is 1. The van der Waals surface area contributed by atoms with Gasteiger partial charge in [-0.15, -0.1) is 11.3 Å². The Balaban J connectivity index is 1.96. The molecule has 1 aromatic carbocycles. The van der Waals surface area contributed by atoms with E-state index >= 15 is 0 Å². The molecule has 2 aromatic rings. The van der Waals surface area contributed by atoms with E-state index in [-0.39, 0.29) is 12.0 Å². The SMILES string of the molecule is COc1cc(/C=C\C(=O)NCc2cc(Br)cs2)ccc1OC(C)C. The Morgan fingerprint density at radius 3 is 2.75 bits per heavy atom. The van der Waals surface area contributed by atoms with Crippen LogP contribution in [0.15, 0.2) is 40.2 Å². The number of carbonyl (C=O) groups is 1. The first-order valence-corrected chi connectivity index (χ1v) is 9.18. The molecule has 1 N–H and O–H groups in total. The maximum Gasteiger partial charge on any atom is 0.244 e. The number of ether oxygens (including phenoxy) is 2. The van der Waals surface area contributed by atoms with E-state index in [0.717, 1.165) is 14.9 Å². The molecule has 1 amide bonds. The van der Waals surface area contributed by atoms with Crippen LogP contribution in [0.1, 0.15) is 24.3 Å². The van der Waals surface area contributed by atoms with Gasteiger partial charge in [-0.2, -0.15) is 0 Å². The number of hydrogen-bond donors (Lipinski definition) is 1. The standard InChI is InChI=1S/C18H20BrNO3S/c1-12(2)23-16-6-4-13(8-17(16)22-3)5-7-18(21)20-10-15-9-14(19)11-24-15/h4-9,11-12H,10H2,1-3H3,(H,20,21)/b7-5-. The van der Waals surface area contributed by atoms with Gasteiger partial charge in [0.05, 0.1) is 19.8 Å². The molecular formula is C18H20BrNO3S. The summed E-state index contributed by atoms with van der Waals surface area (Å²) in [5.41, 5.74) is 0.872. The van der Waals surface area contributed by atoms with Crippen LogP contribution in [0.5, 0.6) is 11.5 Å². The van der Waals surface area contributed by atoms with Crippen molar-refractivity contribution in [3.63, 3.8) is 0 Å². The van der Waals surface area contributed by atoms with Crippen molar-refractivity contribution in [1.29, 1.82) is 0 Å². The Bertz CT molecular complexity index is 725. The molecule has 24 heavy (non-hydrogen) atoms. The number of methoxy groups -OCH3 is 1. The van der Waals surface area contributed by atoms with Crippen LogP contribution in [0.25, 0.3) is 6.08 Å². The molecule has 0 aliphatic heterocycles. The molecule has 0 radical (unpaired) electrons. The van der Waals surface area contributed by atoms with Crippen LogP contribution in [0.3, 0.4) is 0 Å². The van der Waals surface area contributed by atoms with Gasteiger partial charge in [0.15, 0.2) is 11.5 Å². The van der Waals surface area contributed by atoms with E-state index in [4.69, 9.17) is 9.47 Å². The monoisotopic (exact) mass is 409 g/mol. The fourth-order valence-electron chi connectivity index (χ4n) is 1.99. The summed E-state index contributed by atoms with van der Waals surface area (Å²) in [4.78, 5) is 13.0. The number of hydrogen-bond acceptors (Lipinski definition) is 4. The smallest absolute Gasteiger partial charge is 0.244 e. The van der Waals surface area contributed by atoms with E-state index in [1.54, 1.807) is 24.5 Å². The zero-order valence-corrected chi connectivity index (χ0v) is 16.2. The summed E-state index contributed by atoms with van der Waals surface area (Å²) in [5.74, 6) is 1.20. The second kappa shape index (κ2) is 8.89. The van der Waals surface area contributed by atoms with E-state index in [0.29, 0.717) is 18.0 Å². The summed E-state index contributed by atoms with van der Waals surface area (Å²) in [6.07, 6.45) is 3.34. The first kappa shape index (κ1) is 18.5. The van der Waals surface area contributed by atoms with Crippen molar-refractivity contribution < 1.29 is 14.3 Å². The van der Waals surface area contributed by atoms with Crippen molar-refractivity contribution >= 4 is 39.2 Å². The number of amides is 1. The lowest BCUT2D eigenvalue weighted by molar-refractivity contribution is -0.116. The van der Waals surface area contributed by atoms with Crippen LogP contribution in [0.2, 0.25) is 0 Å². The molecular weight excluding hydrogens is 390 g/mol. The van der Waals surface area contributed by atoms with Crippen molar-refractivity contribution in [2.75, 3.05) is 7.11 Å². The zero-order valence-electron chi connectivity index (χ0n) is 13.8. The third-order valence-corrected chi connectivity index (χ3v) is 4.73. The number of rotatable bonds is 7. The summed E-state index contributed by atoms with van der Waals surface area (Å²) >= 11 is 5.00. The highest BCUT2D eigenvalue weighted by molar-refractivity contribution is 9.10. The van der Waals surface area contributed by atoms with E-state index in [2.05, 4.69) is 21.2 Å². The second-order valence-corrected chi connectivity index (χ2v) is 7.27. The molecule has 0 aliphatic rings. The van der Waals surface area contributed by atoms with Crippen LogP contribution in [-0.2, 0) is 11.3 Å². The van der Waals surface area contributed by atoms with E-state index in [9.17, 15) is 4.79 Å².